The summed E-state index contributed by atoms with van der Waals surface area (Å²) in [7, 11) is 0. The zero-order valence-electron chi connectivity index (χ0n) is 17.3. The quantitative estimate of drug-likeness (QED) is 0.329. The van der Waals surface area contributed by atoms with Crippen LogP contribution in [0, 0.1) is 0 Å². The van der Waals surface area contributed by atoms with Crippen LogP contribution in [-0.4, -0.2) is 22.5 Å². The van der Waals surface area contributed by atoms with E-state index in [1.54, 1.807) is 6.20 Å². The molecule has 2 amide bonds. The summed E-state index contributed by atoms with van der Waals surface area (Å²) in [5.41, 5.74) is 2.73. The number of hydrogen-bond donors (Lipinski definition) is 3. The molecule has 3 N–H and O–H groups in total. The van der Waals surface area contributed by atoms with Gasteiger partial charge in [-0.15, -0.1) is 11.3 Å². The number of benzene rings is 2. The van der Waals surface area contributed by atoms with E-state index < -0.39 is 0 Å². The fourth-order valence-corrected chi connectivity index (χ4v) is 3.66. The summed E-state index contributed by atoms with van der Waals surface area (Å²) in [6.45, 7) is 0.942. The Balaban J connectivity index is 1.27. The fraction of sp³-hybridized carbons (Fsp3) is 0.125. The van der Waals surface area contributed by atoms with E-state index in [4.69, 9.17) is 4.74 Å². The maximum atomic E-state index is 12.0. The van der Waals surface area contributed by atoms with Crippen LogP contribution in [0.5, 0.6) is 5.75 Å². The summed E-state index contributed by atoms with van der Waals surface area (Å²) < 4.78 is 5.94. The standard InChI is InChI=1S/C24H23N5O2S/c30-23(27-19-10-5-2-6-11-19)26-15-13-20-17-32-24(28-20)29-22-21(12-7-14-25-22)31-16-18-8-3-1-4-9-18/h1-12,14,17H,13,15-16H2,(H,25,28,29)(H2,26,27,30). The first kappa shape index (κ1) is 21.3. The Labute approximate surface area is 190 Å². The number of amides is 2. The van der Waals surface area contributed by atoms with Gasteiger partial charge in [-0.1, -0.05) is 48.5 Å². The molecule has 0 unspecified atom stereocenters. The summed E-state index contributed by atoms with van der Waals surface area (Å²) in [6, 6.07) is 22.8. The molecule has 7 nitrogen and oxygen atoms in total. The first-order valence-corrected chi connectivity index (χ1v) is 11.1. The van der Waals surface area contributed by atoms with Crippen molar-refractivity contribution in [3.8, 4) is 5.75 Å². The minimum absolute atomic E-state index is 0.238. The lowest BCUT2D eigenvalue weighted by atomic mass is 10.2. The third-order valence-electron chi connectivity index (χ3n) is 4.48. The van der Waals surface area contributed by atoms with Crippen molar-refractivity contribution in [1.82, 2.24) is 15.3 Å². The van der Waals surface area contributed by atoms with Crippen LogP contribution in [0.4, 0.5) is 21.4 Å². The minimum Gasteiger partial charge on any atom is -0.485 e. The summed E-state index contributed by atoms with van der Waals surface area (Å²) in [4.78, 5) is 20.9. The molecule has 4 aromatic rings. The maximum absolute atomic E-state index is 12.0. The first-order valence-electron chi connectivity index (χ1n) is 10.2. The predicted octanol–water partition coefficient (Wildman–Crippen LogP) is 5.22. The minimum atomic E-state index is -0.238. The zero-order valence-corrected chi connectivity index (χ0v) is 18.1. The highest BCUT2D eigenvalue weighted by Crippen LogP contribution is 2.27. The molecule has 2 aromatic carbocycles. The number of urea groups is 1. The highest BCUT2D eigenvalue weighted by molar-refractivity contribution is 7.13. The van der Waals surface area contributed by atoms with Gasteiger partial charge in [0.15, 0.2) is 16.7 Å². The van der Waals surface area contributed by atoms with Gasteiger partial charge in [-0.3, -0.25) is 0 Å². The Kier molecular flexibility index (Phi) is 7.28. The second-order valence-electron chi connectivity index (χ2n) is 6.89. The Hall–Kier alpha value is -3.91. The number of carbonyl (C=O) groups is 1. The molecule has 0 radical (unpaired) electrons. The van der Waals surface area contributed by atoms with Crippen LogP contribution in [0.15, 0.2) is 84.4 Å². The molecule has 0 spiro atoms. The number of rotatable bonds is 9. The normalized spacial score (nSPS) is 10.4. The van der Waals surface area contributed by atoms with E-state index in [1.165, 1.54) is 11.3 Å². The van der Waals surface area contributed by atoms with Crippen molar-refractivity contribution in [2.75, 3.05) is 17.2 Å². The van der Waals surface area contributed by atoms with Crippen LogP contribution in [0.2, 0.25) is 0 Å². The average molecular weight is 446 g/mol. The molecule has 0 aliphatic heterocycles. The summed E-state index contributed by atoms with van der Waals surface area (Å²) in [5.74, 6) is 1.28. The number of nitrogens with zero attached hydrogens (tertiary/aromatic N) is 2. The highest BCUT2D eigenvalue weighted by atomic mass is 32.1. The summed E-state index contributed by atoms with van der Waals surface area (Å²) in [5, 5.41) is 11.6. The Morgan fingerprint density at radius 1 is 0.969 bits per heavy atom. The van der Waals surface area contributed by atoms with Crippen molar-refractivity contribution in [2.24, 2.45) is 0 Å². The molecule has 0 aliphatic rings. The number of thiazole rings is 1. The van der Waals surface area contributed by atoms with Gasteiger partial charge in [0.1, 0.15) is 6.61 Å². The molecule has 0 aliphatic carbocycles. The third kappa shape index (κ3) is 6.29. The number of pyridine rings is 1. The van der Waals surface area contributed by atoms with Gasteiger partial charge < -0.3 is 20.7 Å². The Morgan fingerprint density at radius 2 is 1.75 bits per heavy atom. The number of hydrogen-bond acceptors (Lipinski definition) is 6. The monoisotopic (exact) mass is 445 g/mol. The van der Waals surface area contributed by atoms with Crippen LogP contribution in [-0.2, 0) is 13.0 Å². The van der Waals surface area contributed by atoms with E-state index in [2.05, 4.69) is 25.9 Å². The van der Waals surface area contributed by atoms with Crippen LogP contribution in [0.1, 0.15) is 11.3 Å². The van der Waals surface area contributed by atoms with Crippen LogP contribution in [0.3, 0.4) is 0 Å². The number of carbonyl (C=O) groups excluding carboxylic acids is 1. The van der Waals surface area contributed by atoms with Gasteiger partial charge in [0.25, 0.3) is 0 Å². The molecule has 0 atom stereocenters. The SMILES string of the molecule is O=C(NCCc1csc(Nc2ncccc2OCc2ccccc2)n1)Nc1ccccc1. The molecule has 0 fully saturated rings. The summed E-state index contributed by atoms with van der Waals surface area (Å²) in [6.07, 6.45) is 2.33. The van der Waals surface area contributed by atoms with Crippen molar-refractivity contribution in [1.29, 1.82) is 0 Å². The van der Waals surface area contributed by atoms with E-state index in [0.29, 0.717) is 31.1 Å². The van der Waals surface area contributed by atoms with Gasteiger partial charge in [-0.05, 0) is 29.8 Å². The maximum Gasteiger partial charge on any atom is 0.319 e. The molecule has 162 valence electrons. The largest absolute Gasteiger partial charge is 0.485 e. The molecular formula is C24H23N5O2S. The Bertz CT molecular complexity index is 1140. The molecule has 0 saturated heterocycles. The molecule has 2 aromatic heterocycles. The second kappa shape index (κ2) is 10.9. The fourth-order valence-electron chi connectivity index (χ4n) is 2.92. The topological polar surface area (TPSA) is 88.2 Å². The first-order chi connectivity index (χ1) is 15.8. The number of ether oxygens (including phenoxy) is 1. The van der Waals surface area contributed by atoms with E-state index in [-0.39, 0.29) is 6.03 Å². The lowest BCUT2D eigenvalue weighted by molar-refractivity contribution is 0.252. The van der Waals surface area contributed by atoms with E-state index in [1.807, 2.05) is 78.2 Å². The molecule has 0 bridgehead atoms. The van der Waals surface area contributed by atoms with Crippen LogP contribution >= 0.6 is 11.3 Å². The lowest BCUT2D eigenvalue weighted by Gasteiger charge is -2.10. The van der Waals surface area contributed by atoms with Crippen molar-refractivity contribution in [2.45, 2.75) is 13.0 Å². The highest BCUT2D eigenvalue weighted by Gasteiger charge is 2.09. The third-order valence-corrected chi connectivity index (χ3v) is 5.29. The van der Waals surface area contributed by atoms with Gasteiger partial charge in [-0.2, -0.15) is 0 Å². The van der Waals surface area contributed by atoms with Crippen molar-refractivity contribution in [3.05, 3.63) is 95.6 Å². The number of anilines is 3. The molecule has 0 saturated carbocycles. The van der Waals surface area contributed by atoms with Gasteiger partial charge in [0.2, 0.25) is 0 Å². The van der Waals surface area contributed by atoms with Gasteiger partial charge in [0.05, 0.1) is 5.69 Å². The molecule has 2 heterocycles. The van der Waals surface area contributed by atoms with Crippen molar-refractivity contribution in [3.63, 3.8) is 0 Å². The number of para-hydroxylation sites is 1. The van der Waals surface area contributed by atoms with E-state index >= 15 is 0 Å². The van der Waals surface area contributed by atoms with Crippen LogP contribution in [0.25, 0.3) is 0 Å². The predicted molar refractivity (Wildman–Crippen MR) is 128 cm³/mol. The van der Waals surface area contributed by atoms with Crippen LogP contribution < -0.4 is 20.7 Å². The summed E-state index contributed by atoms with van der Waals surface area (Å²) >= 11 is 1.48. The lowest BCUT2D eigenvalue weighted by Crippen LogP contribution is -2.30. The molecule has 32 heavy (non-hydrogen) atoms. The zero-order chi connectivity index (χ0) is 22.0. The number of aromatic nitrogens is 2. The van der Waals surface area contributed by atoms with Crippen molar-refractivity contribution < 1.29 is 9.53 Å². The van der Waals surface area contributed by atoms with Gasteiger partial charge >= 0.3 is 6.03 Å². The Morgan fingerprint density at radius 3 is 2.56 bits per heavy atom. The molecule has 8 heteroatoms. The average Bonchev–Trinajstić information content (AvgIpc) is 3.27. The smallest absolute Gasteiger partial charge is 0.319 e. The molecular weight excluding hydrogens is 422 g/mol. The number of nitrogens with one attached hydrogen (secondary N) is 3. The van der Waals surface area contributed by atoms with Gasteiger partial charge in [-0.25, -0.2) is 14.8 Å². The van der Waals surface area contributed by atoms with Gasteiger partial charge in [0, 0.05) is 30.2 Å². The van der Waals surface area contributed by atoms with E-state index in [0.717, 1.165) is 22.1 Å². The second-order valence-corrected chi connectivity index (χ2v) is 7.75. The van der Waals surface area contributed by atoms with Crippen molar-refractivity contribution >= 4 is 34.0 Å². The van der Waals surface area contributed by atoms with E-state index in [9.17, 15) is 4.79 Å². The molecule has 4 rings (SSSR count).